The van der Waals surface area contributed by atoms with Crippen LogP contribution < -0.4 is 5.32 Å². The number of alkyl halides is 3. The maximum Gasteiger partial charge on any atom is 0.416 e. The van der Waals surface area contributed by atoms with Crippen LogP contribution in [0.25, 0.3) is 0 Å². The van der Waals surface area contributed by atoms with Gasteiger partial charge in [0.2, 0.25) is 0 Å². The molecular weight excluding hydrogens is 346 g/mol. The van der Waals surface area contributed by atoms with Crippen molar-refractivity contribution in [3.8, 4) is 0 Å². The minimum Gasteiger partial charge on any atom is -0.450 e. The smallest absolute Gasteiger partial charge is 0.416 e. The molecule has 0 radical (unpaired) electrons. The second-order valence-corrected chi connectivity index (χ2v) is 5.30. The van der Waals surface area contributed by atoms with Crippen molar-refractivity contribution >= 4 is 17.8 Å². The topological polar surface area (TPSA) is 61.9 Å². The molecule has 1 aromatic carbocycles. The van der Waals surface area contributed by atoms with Crippen molar-refractivity contribution in [3.63, 3.8) is 0 Å². The number of benzene rings is 1. The molecule has 138 valence electrons. The van der Waals surface area contributed by atoms with E-state index in [-0.39, 0.29) is 32.8 Å². The second kappa shape index (κ2) is 7.58. The molecule has 1 fully saturated rings. The van der Waals surface area contributed by atoms with Crippen molar-refractivity contribution in [2.75, 3.05) is 38.1 Å². The number of nitrogens with one attached hydrogen (secondary N) is 1. The first kappa shape index (κ1) is 18.8. The van der Waals surface area contributed by atoms with E-state index < -0.39 is 35.4 Å². The summed E-state index contributed by atoms with van der Waals surface area (Å²) in [7, 11) is 0. The van der Waals surface area contributed by atoms with Crippen LogP contribution >= 0.6 is 0 Å². The molecule has 25 heavy (non-hydrogen) atoms. The molecule has 0 saturated carbocycles. The van der Waals surface area contributed by atoms with Gasteiger partial charge in [0.1, 0.15) is 5.82 Å². The van der Waals surface area contributed by atoms with Crippen LogP contribution in [0, 0.1) is 5.82 Å². The number of rotatable bonds is 2. The lowest BCUT2D eigenvalue weighted by Gasteiger charge is -2.34. The lowest BCUT2D eigenvalue weighted by atomic mass is 10.2. The SMILES string of the molecule is CCOC(=O)N1CCN(C(=O)Nc2cc(C(F)(F)F)ccc2F)CC1. The molecule has 10 heteroatoms. The van der Waals surface area contributed by atoms with E-state index in [0.717, 1.165) is 0 Å². The van der Waals surface area contributed by atoms with Crippen molar-refractivity contribution in [1.82, 2.24) is 9.80 Å². The number of ether oxygens (including phenoxy) is 1. The summed E-state index contributed by atoms with van der Waals surface area (Å²) in [6.07, 6.45) is -5.13. The summed E-state index contributed by atoms with van der Waals surface area (Å²) in [5, 5.41) is 2.14. The maximum atomic E-state index is 13.7. The standard InChI is InChI=1S/C15H17F4N3O3/c1-2-25-14(24)22-7-5-21(6-8-22)13(23)20-12-9-10(15(17,18)19)3-4-11(12)16/h3-4,9H,2,5-8H2,1H3,(H,20,23). The number of hydrogen-bond acceptors (Lipinski definition) is 3. The molecule has 3 amide bonds. The zero-order valence-corrected chi connectivity index (χ0v) is 13.4. The molecule has 0 aromatic heterocycles. The van der Waals surface area contributed by atoms with Gasteiger partial charge in [-0.15, -0.1) is 0 Å². The highest BCUT2D eigenvalue weighted by Gasteiger charge is 2.32. The summed E-state index contributed by atoms with van der Waals surface area (Å²) in [5.74, 6) is -0.966. The molecule has 1 heterocycles. The molecule has 1 N–H and O–H groups in total. The summed E-state index contributed by atoms with van der Waals surface area (Å²) in [6, 6.07) is 1.06. The van der Waals surface area contributed by atoms with Crippen LogP contribution in [0.2, 0.25) is 0 Å². The lowest BCUT2D eigenvalue weighted by Crippen LogP contribution is -2.51. The van der Waals surface area contributed by atoms with Gasteiger partial charge >= 0.3 is 18.3 Å². The molecule has 0 aliphatic carbocycles. The molecule has 0 atom stereocenters. The van der Waals surface area contributed by atoms with Gasteiger partial charge in [0.05, 0.1) is 17.9 Å². The van der Waals surface area contributed by atoms with E-state index in [1.54, 1.807) is 6.92 Å². The maximum absolute atomic E-state index is 13.7. The first-order chi connectivity index (χ1) is 11.7. The fraction of sp³-hybridized carbons (Fsp3) is 0.467. The Morgan fingerprint density at radius 3 is 2.32 bits per heavy atom. The van der Waals surface area contributed by atoms with Crippen LogP contribution in [-0.2, 0) is 10.9 Å². The zero-order valence-electron chi connectivity index (χ0n) is 13.4. The Bertz CT molecular complexity index is 643. The first-order valence-electron chi connectivity index (χ1n) is 7.56. The number of amides is 3. The van der Waals surface area contributed by atoms with Crippen LogP contribution in [0.15, 0.2) is 18.2 Å². The van der Waals surface area contributed by atoms with E-state index >= 15 is 0 Å². The number of carbonyl (C=O) groups excluding carboxylic acids is 2. The normalized spacial score (nSPS) is 15.1. The van der Waals surface area contributed by atoms with Crippen molar-refractivity contribution in [3.05, 3.63) is 29.6 Å². The largest absolute Gasteiger partial charge is 0.450 e. The van der Waals surface area contributed by atoms with Gasteiger partial charge in [-0.25, -0.2) is 14.0 Å². The number of halogens is 4. The quantitative estimate of drug-likeness (QED) is 0.821. The van der Waals surface area contributed by atoms with Gasteiger partial charge in [-0.1, -0.05) is 0 Å². The van der Waals surface area contributed by atoms with E-state index in [1.807, 2.05) is 0 Å². The van der Waals surface area contributed by atoms with Gasteiger partial charge in [0.25, 0.3) is 0 Å². The van der Waals surface area contributed by atoms with Crippen LogP contribution in [0.4, 0.5) is 32.8 Å². The van der Waals surface area contributed by atoms with E-state index in [9.17, 15) is 27.2 Å². The predicted octanol–water partition coefficient (Wildman–Crippen LogP) is 3.15. The Labute approximate surface area is 141 Å². The van der Waals surface area contributed by atoms with Gasteiger partial charge < -0.3 is 19.9 Å². The third-order valence-corrected chi connectivity index (χ3v) is 3.63. The van der Waals surface area contributed by atoms with E-state index in [2.05, 4.69) is 5.32 Å². The fourth-order valence-corrected chi connectivity index (χ4v) is 2.30. The Morgan fingerprint density at radius 2 is 1.76 bits per heavy atom. The molecule has 1 aromatic rings. The monoisotopic (exact) mass is 363 g/mol. The summed E-state index contributed by atoms with van der Waals surface area (Å²) >= 11 is 0. The number of hydrogen-bond donors (Lipinski definition) is 1. The van der Waals surface area contributed by atoms with E-state index in [4.69, 9.17) is 4.74 Å². The summed E-state index contributed by atoms with van der Waals surface area (Å²) in [5.41, 5.74) is -1.61. The van der Waals surface area contributed by atoms with Crippen LogP contribution in [0.3, 0.4) is 0 Å². The molecule has 1 aliphatic heterocycles. The highest BCUT2D eigenvalue weighted by Crippen LogP contribution is 2.31. The number of anilines is 1. The van der Waals surface area contributed by atoms with Gasteiger partial charge in [0.15, 0.2) is 0 Å². The van der Waals surface area contributed by atoms with Crippen molar-refractivity contribution in [1.29, 1.82) is 0 Å². The molecule has 0 bridgehead atoms. The molecular formula is C15H17F4N3O3. The molecule has 0 unspecified atom stereocenters. The zero-order chi connectivity index (χ0) is 18.6. The summed E-state index contributed by atoms with van der Waals surface area (Å²) < 4.78 is 56.5. The second-order valence-electron chi connectivity index (χ2n) is 5.30. The van der Waals surface area contributed by atoms with E-state index in [1.165, 1.54) is 9.80 Å². The Balaban J connectivity index is 1.98. The minimum absolute atomic E-state index is 0.158. The molecule has 2 rings (SSSR count). The van der Waals surface area contributed by atoms with Gasteiger partial charge in [-0.05, 0) is 25.1 Å². The average molecular weight is 363 g/mol. The predicted molar refractivity (Wildman–Crippen MR) is 80.6 cm³/mol. The lowest BCUT2D eigenvalue weighted by molar-refractivity contribution is -0.137. The molecule has 1 aliphatic rings. The van der Waals surface area contributed by atoms with Crippen molar-refractivity contribution in [2.45, 2.75) is 13.1 Å². The first-order valence-corrected chi connectivity index (χ1v) is 7.56. The number of carbonyl (C=O) groups is 2. The average Bonchev–Trinajstić information content (AvgIpc) is 2.56. The van der Waals surface area contributed by atoms with E-state index in [0.29, 0.717) is 18.2 Å². The Morgan fingerprint density at radius 1 is 1.16 bits per heavy atom. The summed E-state index contributed by atoms with van der Waals surface area (Å²) in [4.78, 5) is 26.4. The number of urea groups is 1. The third kappa shape index (κ3) is 4.74. The van der Waals surface area contributed by atoms with Crippen LogP contribution in [0.5, 0.6) is 0 Å². The van der Waals surface area contributed by atoms with Crippen molar-refractivity contribution in [2.24, 2.45) is 0 Å². The molecule has 0 spiro atoms. The van der Waals surface area contributed by atoms with Crippen LogP contribution in [0.1, 0.15) is 12.5 Å². The Kier molecular flexibility index (Phi) is 5.70. The van der Waals surface area contributed by atoms with Gasteiger partial charge in [-0.3, -0.25) is 0 Å². The summed E-state index contributed by atoms with van der Waals surface area (Å²) in [6.45, 7) is 2.66. The molecule has 1 saturated heterocycles. The number of piperazine rings is 1. The third-order valence-electron chi connectivity index (χ3n) is 3.63. The molecule has 6 nitrogen and oxygen atoms in total. The van der Waals surface area contributed by atoms with Crippen molar-refractivity contribution < 1.29 is 31.9 Å². The number of nitrogens with zero attached hydrogens (tertiary/aromatic N) is 2. The fourth-order valence-electron chi connectivity index (χ4n) is 2.30. The van der Waals surface area contributed by atoms with Gasteiger partial charge in [0, 0.05) is 26.2 Å². The minimum atomic E-state index is -4.64. The Hall–Kier alpha value is -2.52. The highest BCUT2D eigenvalue weighted by molar-refractivity contribution is 5.89. The van der Waals surface area contributed by atoms with Crippen LogP contribution in [-0.4, -0.2) is 54.7 Å². The highest BCUT2D eigenvalue weighted by atomic mass is 19.4. The van der Waals surface area contributed by atoms with Gasteiger partial charge in [-0.2, -0.15) is 13.2 Å².